The molecule has 0 fully saturated rings. The van der Waals surface area contributed by atoms with Crippen LogP contribution in [0.2, 0.25) is 0 Å². The van der Waals surface area contributed by atoms with Crippen LogP contribution >= 0.6 is 0 Å². The van der Waals surface area contributed by atoms with Crippen molar-refractivity contribution < 1.29 is 28.6 Å². The first kappa shape index (κ1) is 20.6. The van der Waals surface area contributed by atoms with Gasteiger partial charge in [-0.15, -0.1) is 0 Å². The quantitative estimate of drug-likeness (QED) is 0.349. The molecule has 0 radical (unpaired) electrons. The van der Waals surface area contributed by atoms with Gasteiger partial charge in [-0.1, -0.05) is 0 Å². The molecule has 6 nitrogen and oxygen atoms in total. The molecule has 0 saturated carbocycles. The van der Waals surface area contributed by atoms with Gasteiger partial charge in [0, 0.05) is 6.61 Å². The van der Waals surface area contributed by atoms with Crippen molar-refractivity contribution >= 4 is 17.7 Å². The minimum absolute atomic E-state index is 0.0734. The fourth-order valence-corrected chi connectivity index (χ4v) is 1.77. The second-order valence-corrected chi connectivity index (χ2v) is 6.05. The highest BCUT2D eigenvalue weighted by Crippen LogP contribution is 2.17. The maximum atomic E-state index is 11.9. The number of hydrogen-bond donors (Lipinski definition) is 0. The Morgan fingerprint density at radius 2 is 1.73 bits per heavy atom. The van der Waals surface area contributed by atoms with E-state index in [1.807, 2.05) is 0 Å². The van der Waals surface area contributed by atoms with Gasteiger partial charge in [0.05, 0.1) is 6.61 Å². The summed E-state index contributed by atoms with van der Waals surface area (Å²) in [6, 6.07) is 0. The van der Waals surface area contributed by atoms with Gasteiger partial charge in [0.15, 0.2) is 0 Å². The largest absolute Gasteiger partial charge is 0.464 e. The molecule has 0 amide bonds. The van der Waals surface area contributed by atoms with Gasteiger partial charge in [0.25, 0.3) is 0 Å². The molecule has 0 rings (SSSR count). The van der Waals surface area contributed by atoms with Crippen molar-refractivity contribution in [2.75, 3.05) is 19.8 Å². The number of ether oxygens (including phenoxy) is 3. The summed E-state index contributed by atoms with van der Waals surface area (Å²) >= 11 is 0. The number of rotatable bonds is 10. The van der Waals surface area contributed by atoms with E-state index in [0.29, 0.717) is 32.5 Å². The highest BCUT2D eigenvalue weighted by atomic mass is 16.6. The van der Waals surface area contributed by atoms with Gasteiger partial charge < -0.3 is 14.2 Å². The van der Waals surface area contributed by atoms with Gasteiger partial charge in [-0.05, 0) is 53.9 Å². The SMILES string of the molecule is CCOC(=O)COCCCCC(C(C)=O)C(=O)OC(C)(C)C. The van der Waals surface area contributed by atoms with Gasteiger partial charge in [-0.2, -0.15) is 0 Å². The Kier molecular flexibility index (Phi) is 9.65. The summed E-state index contributed by atoms with van der Waals surface area (Å²) in [5.74, 6) is -1.80. The van der Waals surface area contributed by atoms with Crippen molar-refractivity contribution in [3.8, 4) is 0 Å². The predicted octanol–water partition coefficient (Wildman–Crippen LogP) is 2.28. The molecule has 1 atom stereocenters. The first-order valence-corrected chi connectivity index (χ1v) is 7.64. The summed E-state index contributed by atoms with van der Waals surface area (Å²) in [5, 5.41) is 0. The Morgan fingerprint density at radius 1 is 1.09 bits per heavy atom. The second kappa shape index (κ2) is 10.3. The summed E-state index contributed by atoms with van der Waals surface area (Å²) < 4.78 is 15.1. The molecule has 0 heterocycles. The first-order valence-electron chi connectivity index (χ1n) is 7.64. The Morgan fingerprint density at radius 3 is 2.23 bits per heavy atom. The van der Waals surface area contributed by atoms with Gasteiger partial charge in [-0.25, -0.2) is 4.79 Å². The van der Waals surface area contributed by atoms with Crippen LogP contribution < -0.4 is 0 Å². The minimum Gasteiger partial charge on any atom is -0.464 e. The summed E-state index contributed by atoms with van der Waals surface area (Å²) in [5.41, 5.74) is -0.604. The summed E-state index contributed by atoms with van der Waals surface area (Å²) in [6.07, 6.45) is 1.73. The molecule has 0 aliphatic heterocycles. The maximum absolute atomic E-state index is 11.9. The number of ketones is 1. The van der Waals surface area contributed by atoms with Gasteiger partial charge in [0.2, 0.25) is 0 Å². The van der Waals surface area contributed by atoms with Crippen LogP contribution in [0.25, 0.3) is 0 Å². The lowest BCUT2D eigenvalue weighted by molar-refractivity contribution is -0.162. The third kappa shape index (κ3) is 10.3. The molecule has 0 aromatic heterocycles. The van der Waals surface area contributed by atoms with E-state index in [-0.39, 0.29) is 12.4 Å². The average molecular weight is 316 g/mol. The van der Waals surface area contributed by atoms with E-state index in [1.54, 1.807) is 27.7 Å². The molecule has 128 valence electrons. The van der Waals surface area contributed by atoms with Crippen molar-refractivity contribution in [1.82, 2.24) is 0 Å². The average Bonchev–Trinajstić information content (AvgIpc) is 2.35. The standard InChI is InChI=1S/C16H28O6/c1-6-21-14(18)11-20-10-8-7-9-13(12(2)17)15(19)22-16(3,4)5/h13H,6-11H2,1-5H3. The Labute approximate surface area is 132 Å². The maximum Gasteiger partial charge on any atom is 0.332 e. The first-order chi connectivity index (χ1) is 10.2. The number of Topliss-reactive ketones (excluding diaryl/α,β-unsaturated/α-hetero) is 1. The van der Waals surface area contributed by atoms with Gasteiger partial charge in [-0.3, -0.25) is 9.59 Å². The van der Waals surface area contributed by atoms with E-state index in [1.165, 1.54) is 6.92 Å². The molecular weight excluding hydrogens is 288 g/mol. The van der Waals surface area contributed by atoms with E-state index < -0.39 is 23.5 Å². The van der Waals surface area contributed by atoms with E-state index in [2.05, 4.69) is 0 Å². The summed E-state index contributed by atoms with van der Waals surface area (Å²) in [6.45, 7) is 9.08. The topological polar surface area (TPSA) is 78.9 Å². The molecule has 0 aromatic carbocycles. The number of carbonyl (C=O) groups excluding carboxylic acids is 3. The van der Waals surface area contributed by atoms with E-state index in [9.17, 15) is 14.4 Å². The fourth-order valence-electron chi connectivity index (χ4n) is 1.77. The zero-order chi connectivity index (χ0) is 17.2. The van der Waals surface area contributed by atoms with Crippen molar-refractivity contribution in [3.63, 3.8) is 0 Å². The second-order valence-electron chi connectivity index (χ2n) is 6.05. The van der Waals surface area contributed by atoms with Crippen molar-refractivity contribution in [1.29, 1.82) is 0 Å². The molecule has 6 heteroatoms. The number of unbranched alkanes of at least 4 members (excludes halogenated alkanes) is 1. The zero-order valence-electron chi connectivity index (χ0n) is 14.3. The van der Waals surface area contributed by atoms with E-state index in [0.717, 1.165) is 0 Å². The van der Waals surface area contributed by atoms with Crippen LogP contribution in [0.5, 0.6) is 0 Å². The third-order valence-electron chi connectivity index (χ3n) is 2.74. The van der Waals surface area contributed by atoms with Crippen molar-refractivity contribution in [2.45, 2.75) is 59.5 Å². The molecule has 0 saturated heterocycles. The smallest absolute Gasteiger partial charge is 0.332 e. The van der Waals surface area contributed by atoms with E-state index >= 15 is 0 Å². The lowest BCUT2D eigenvalue weighted by Crippen LogP contribution is -2.32. The van der Waals surface area contributed by atoms with Crippen LogP contribution in [0.1, 0.15) is 53.9 Å². The normalized spacial score (nSPS) is 12.6. The van der Waals surface area contributed by atoms with Crippen molar-refractivity contribution in [3.05, 3.63) is 0 Å². The predicted molar refractivity (Wildman–Crippen MR) is 81.3 cm³/mol. The van der Waals surface area contributed by atoms with Crippen LogP contribution in [0.4, 0.5) is 0 Å². The number of esters is 2. The molecule has 1 unspecified atom stereocenters. The summed E-state index contributed by atoms with van der Waals surface area (Å²) in [7, 11) is 0. The van der Waals surface area contributed by atoms with Crippen LogP contribution in [-0.4, -0.2) is 43.1 Å². The minimum atomic E-state index is -0.732. The molecule has 0 aliphatic carbocycles. The van der Waals surface area contributed by atoms with Gasteiger partial charge in [0.1, 0.15) is 23.9 Å². The van der Waals surface area contributed by atoms with Crippen LogP contribution in [0.3, 0.4) is 0 Å². The van der Waals surface area contributed by atoms with Crippen LogP contribution in [0, 0.1) is 5.92 Å². The van der Waals surface area contributed by atoms with Crippen molar-refractivity contribution in [2.24, 2.45) is 5.92 Å². The number of hydrogen-bond acceptors (Lipinski definition) is 6. The highest BCUT2D eigenvalue weighted by molar-refractivity contribution is 5.97. The van der Waals surface area contributed by atoms with E-state index in [4.69, 9.17) is 14.2 Å². The lowest BCUT2D eigenvalue weighted by atomic mass is 9.98. The fraction of sp³-hybridized carbons (Fsp3) is 0.812. The zero-order valence-corrected chi connectivity index (χ0v) is 14.3. The molecule has 0 aromatic rings. The molecule has 0 spiro atoms. The summed E-state index contributed by atoms with van der Waals surface area (Å²) in [4.78, 5) is 34.5. The Bertz CT molecular complexity index is 369. The molecule has 0 N–H and O–H groups in total. The molecular formula is C16H28O6. The molecule has 22 heavy (non-hydrogen) atoms. The monoisotopic (exact) mass is 316 g/mol. The lowest BCUT2D eigenvalue weighted by Gasteiger charge is -2.22. The highest BCUT2D eigenvalue weighted by Gasteiger charge is 2.28. The number of carbonyl (C=O) groups is 3. The third-order valence-corrected chi connectivity index (χ3v) is 2.74. The van der Waals surface area contributed by atoms with Crippen LogP contribution in [-0.2, 0) is 28.6 Å². The van der Waals surface area contributed by atoms with Gasteiger partial charge >= 0.3 is 11.9 Å². The Hall–Kier alpha value is -1.43. The molecule has 0 aliphatic rings. The van der Waals surface area contributed by atoms with Crippen LogP contribution in [0.15, 0.2) is 0 Å². The molecule has 0 bridgehead atoms. The Balaban J connectivity index is 4.00.